The van der Waals surface area contributed by atoms with E-state index in [0.717, 1.165) is 12.8 Å². The third-order valence-electron chi connectivity index (χ3n) is 1.88. The summed E-state index contributed by atoms with van der Waals surface area (Å²) in [7, 11) is 1.81. The second-order valence-corrected chi connectivity index (χ2v) is 2.97. The molecule has 1 rings (SSSR count). The van der Waals surface area contributed by atoms with E-state index < -0.39 is 12.1 Å². The number of hydrogen-bond acceptors (Lipinski definition) is 2. The van der Waals surface area contributed by atoms with Crippen molar-refractivity contribution < 1.29 is 27.5 Å². The number of carbonyl (C=O) groups is 1. The Labute approximate surface area is 78.1 Å². The van der Waals surface area contributed by atoms with Crippen LogP contribution in [-0.2, 0) is 4.79 Å². The van der Waals surface area contributed by atoms with Crippen LogP contribution in [0.2, 0.25) is 0 Å². The highest BCUT2D eigenvalue weighted by Gasteiger charge is 2.40. The van der Waals surface area contributed by atoms with E-state index in [1.54, 1.807) is 0 Å². The van der Waals surface area contributed by atoms with Gasteiger partial charge in [-0.05, 0) is 19.9 Å². The maximum Gasteiger partial charge on any atom is 0.490 e. The zero-order valence-electron chi connectivity index (χ0n) is 7.49. The molecule has 14 heavy (non-hydrogen) atoms. The molecule has 1 saturated carbocycles. The monoisotopic (exact) mass is 217 g/mol. The molecule has 2 N–H and O–H groups in total. The lowest BCUT2D eigenvalue weighted by atomic mass is 10.3. The maximum absolute atomic E-state index is 11.8. The molecule has 84 valence electrons. The summed E-state index contributed by atoms with van der Waals surface area (Å²) in [6, 6.07) is 0. The molecule has 1 fully saturated rings. The van der Waals surface area contributed by atoms with E-state index in [4.69, 9.17) is 9.90 Å². The number of alkyl halides is 4. The van der Waals surface area contributed by atoms with Gasteiger partial charge in [-0.25, -0.2) is 9.18 Å². The molecule has 0 heterocycles. The van der Waals surface area contributed by atoms with Gasteiger partial charge in [0.25, 0.3) is 0 Å². The standard InChI is InChI=1S/C5H10FN.C2HF3O2/c1-7-5(4-6)2-3-5;3-2(4,5)1(6)7/h7H,2-4H2,1H3;(H,6,7). The zero-order chi connectivity index (χ0) is 11.4. The predicted octanol–water partition coefficient (Wildman–Crippen LogP) is 1.34. The number of halogens is 4. The van der Waals surface area contributed by atoms with Crippen LogP contribution < -0.4 is 5.32 Å². The molecule has 0 unspecified atom stereocenters. The SMILES string of the molecule is CNC1(CF)CC1.O=C(O)C(F)(F)F. The molecule has 3 nitrogen and oxygen atoms in total. The summed E-state index contributed by atoms with van der Waals surface area (Å²) < 4.78 is 43.5. The zero-order valence-corrected chi connectivity index (χ0v) is 7.49. The van der Waals surface area contributed by atoms with Gasteiger partial charge in [-0.1, -0.05) is 0 Å². The molecule has 0 bridgehead atoms. The predicted molar refractivity (Wildman–Crippen MR) is 40.7 cm³/mol. The van der Waals surface area contributed by atoms with Gasteiger partial charge in [0.1, 0.15) is 6.67 Å². The number of aliphatic carboxylic acids is 1. The van der Waals surface area contributed by atoms with Gasteiger partial charge in [-0.15, -0.1) is 0 Å². The summed E-state index contributed by atoms with van der Waals surface area (Å²) in [5, 5.41) is 10.1. The van der Waals surface area contributed by atoms with E-state index in [1.165, 1.54) is 0 Å². The van der Waals surface area contributed by atoms with Crippen LogP contribution in [0.25, 0.3) is 0 Å². The molecule has 0 atom stereocenters. The summed E-state index contributed by atoms with van der Waals surface area (Å²) in [6.07, 6.45) is -3.06. The van der Waals surface area contributed by atoms with E-state index in [9.17, 15) is 17.6 Å². The molecule has 7 heteroatoms. The fourth-order valence-electron chi connectivity index (χ4n) is 0.601. The lowest BCUT2D eigenvalue weighted by Crippen LogP contribution is -2.28. The van der Waals surface area contributed by atoms with E-state index in [0.29, 0.717) is 0 Å². The number of carboxylic acid groups (broad SMARTS) is 1. The van der Waals surface area contributed by atoms with Crippen molar-refractivity contribution in [3.05, 3.63) is 0 Å². The first-order chi connectivity index (χ1) is 6.27. The minimum absolute atomic E-state index is 0.0833. The number of nitrogens with one attached hydrogen (secondary N) is 1. The quantitative estimate of drug-likeness (QED) is 0.686. The summed E-state index contributed by atoms with van der Waals surface area (Å²) in [4.78, 5) is 8.90. The minimum atomic E-state index is -5.08. The molecule has 0 aliphatic heterocycles. The third kappa shape index (κ3) is 4.40. The Kier molecular flexibility index (Phi) is 4.31. The second-order valence-electron chi connectivity index (χ2n) is 2.97. The van der Waals surface area contributed by atoms with Gasteiger partial charge < -0.3 is 10.4 Å². The van der Waals surface area contributed by atoms with Gasteiger partial charge in [0.2, 0.25) is 0 Å². The molecule has 0 amide bonds. The Morgan fingerprint density at radius 3 is 1.86 bits per heavy atom. The highest BCUT2D eigenvalue weighted by atomic mass is 19.4. The van der Waals surface area contributed by atoms with Crippen LogP contribution in [0.3, 0.4) is 0 Å². The smallest absolute Gasteiger partial charge is 0.475 e. The van der Waals surface area contributed by atoms with Crippen molar-refractivity contribution in [2.75, 3.05) is 13.7 Å². The van der Waals surface area contributed by atoms with Crippen molar-refractivity contribution in [3.63, 3.8) is 0 Å². The van der Waals surface area contributed by atoms with Gasteiger partial charge >= 0.3 is 12.1 Å². The number of rotatable bonds is 2. The first kappa shape index (κ1) is 13.2. The van der Waals surface area contributed by atoms with Gasteiger partial charge in [0.15, 0.2) is 0 Å². The van der Waals surface area contributed by atoms with Crippen LogP contribution in [0, 0.1) is 0 Å². The van der Waals surface area contributed by atoms with E-state index >= 15 is 0 Å². The lowest BCUT2D eigenvalue weighted by Gasteiger charge is -2.05. The number of carboxylic acids is 1. The highest BCUT2D eigenvalue weighted by molar-refractivity contribution is 5.73. The van der Waals surface area contributed by atoms with Crippen molar-refractivity contribution in [2.24, 2.45) is 0 Å². The van der Waals surface area contributed by atoms with E-state index in [2.05, 4.69) is 5.32 Å². The van der Waals surface area contributed by atoms with Crippen molar-refractivity contribution in [1.29, 1.82) is 0 Å². The summed E-state index contributed by atoms with van der Waals surface area (Å²) in [5.41, 5.74) is -0.0833. The lowest BCUT2D eigenvalue weighted by molar-refractivity contribution is -0.192. The Hall–Kier alpha value is -0.850. The molecule has 0 spiro atoms. The first-order valence-electron chi connectivity index (χ1n) is 3.82. The largest absolute Gasteiger partial charge is 0.490 e. The fraction of sp³-hybridized carbons (Fsp3) is 0.857. The summed E-state index contributed by atoms with van der Waals surface area (Å²) in [5.74, 6) is -2.76. The fourth-order valence-corrected chi connectivity index (χ4v) is 0.601. The Morgan fingerprint density at radius 2 is 1.86 bits per heavy atom. The van der Waals surface area contributed by atoms with Gasteiger partial charge in [-0.2, -0.15) is 13.2 Å². The second kappa shape index (κ2) is 4.59. The van der Waals surface area contributed by atoms with Crippen LogP contribution in [0.5, 0.6) is 0 Å². The van der Waals surface area contributed by atoms with E-state index in [1.807, 2.05) is 7.05 Å². The first-order valence-corrected chi connectivity index (χ1v) is 3.82. The summed E-state index contributed by atoms with van der Waals surface area (Å²) in [6.45, 7) is -0.205. The normalized spacial score (nSPS) is 18.1. The number of hydrogen-bond donors (Lipinski definition) is 2. The molecule has 0 radical (unpaired) electrons. The van der Waals surface area contributed by atoms with Gasteiger partial charge in [0.05, 0.1) is 0 Å². The van der Waals surface area contributed by atoms with Crippen LogP contribution in [0.15, 0.2) is 0 Å². The Balaban J connectivity index is 0.000000241. The van der Waals surface area contributed by atoms with Crippen molar-refractivity contribution in [3.8, 4) is 0 Å². The average Bonchev–Trinajstić information content (AvgIpc) is 2.84. The Bertz CT molecular complexity index is 194. The Morgan fingerprint density at radius 1 is 1.50 bits per heavy atom. The molecular formula is C7H11F4NO2. The van der Waals surface area contributed by atoms with Crippen LogP contribution >= 0.6 is 0 Å². The molecule has 0 aromatic carbocycles. The molecular weight excluding hydrogens is 206 g/mol. The van der Waals surface area contributed by atoms with Crippen molar-refractivity contribution >= 4 is 5.97 Å². The molecule has 0 aromatic heterocycles. The highest BCUT2D eigenvalue weighted by Crippen LogP contribution is 2.34. The van der Waals surface area contributed by atoms with Gasteiger partial charge in [-0.3, -0.25) is 0 Å². The van der Waals surface area contributed by atoms with Crippen LogP contribution in [0.4, 0.5) is 17.6 Å². The van der Waals surface area contributed by atoms with Crippen molar-refractivity contribution in [2.45, 2.75) is 24.6 Å². The molecule has 1 aliphatic carbocycles. The third-order valence-corrected chi connectivity index (χ3v) is 1.88. The molecule has 0 aromatic rings. The van der Waals surface area contributed by atoms with E-state index in [-0.39, 0.29) is 12.2 Å². The minimum Gasteiger partial charge on any atom is -0.475 e. The van der Waals surface area contributed by atoms with Crippen molar-refractivity contribution in [1.82, 2.24) is 5.32 Å². The molecule has 1 aliphatic rings. The topological polar surface area (TPSA) is 49.3 Å². The van der Waals surface area contributed by atoms with Crippen LogP contribution in [-0.4, -0.2) is 36.5 Å². The maximum atomic E-state index is 11.8. The summed E-state index contributed by atoms with van der Waals surface area (Å²) >= 11 is 0. The van der Waals surface area contributed by atoms with Gasteiger partial charge in [0, 0.05) is 5.54 Å². The van der Waals surface area contributed by atoms with Crippen LogP contribution in [0.1, 0.15) is 12.8 Å². The molecule has 0 saturated heterocycles. The average molecular weight is 217 g/mol.